The number of nitrogens with one attached hydrogen (secondary N) is 1. The van der Waals surface area contributed by atoms with E-state index in [1.165, 1.54) is 17.1 Å². The number of sulfonamides is 1. The molecule has 7 heteroatoms. The van der Waals surface area contributed by atoms with E-state index in [4.69, 9.17) is 4.74 Å². The van der Waals surface area contributed by atoms with Gasteiger partial charge in [0.05, 0.1) is 11.0 Å². The van der Waals surface area contributed by atoms with Crippen LogP contribution in [0.1, 0.15) is 44.1 Å². The van der Waals surface area contributed by atoms with Gasteiger partial charge >= 0.3 is 0 Å². The van der Waals surface area contributed by atoms with Crippen molar-refractivity contribution in [2.24, 2.45) is 5.92 Å². The van der Waals surface area contributed by atoms with Gasteiger partial charge in [0, 0.05) is 24.7 Å². The normalized spacial score (nSPS) is 18.7. The van der Waals surface area contributed by atoms with E-state index >= 15 is 0 Å². The maximum Gasteiger partial charge on any atom is 0.243 e. The topological polar surface area (TPSA) is 75.7 Å². The molecule has 6 nitrogen and oxygen atoms in total. The van der Waals surface area contributed by atoms with Gasteiger partial charge in [-0.05, 0) is 81.8 Å². The first kappa shape index (κ1) is 21.8. The number of benzene rings is 2. The Morgan fingerprint density at radius 3 is 2.16 bits per heavy atom. The molecule has 0 atom stereocenters. The first-order chi connectivity index (χ1) is 14.9. The van der Waals surface area contributed by atoms with Crippen molar-refractivity contribution in [3.05, 3.63) is 54.1 Å². The number of carbonyl (C=O) groups is 1. The molecule has 0 unspecified atom stereocenters. The van der Waals surface area contributed by atoms with Crippen molar-refractivity contribution in [2.45, 2.75) is 56.4 Å². The Balaban J connectivity index is 1.29. The Kier molecular flexibility index (Phi) is 6.62. The van der Waals surface area contributed by atoms with Gasteiger partial charge in [-0.1, -0.05) is 17.7 Å². The van der Waals surface area contributed by atoms with Gasteiger partial charge in [-0.25, -0.2) is 8.42 Å². The molecule has 1 aliphatic carbocycles. The number of ether oxygens (including phenoxy) is 1. The van der Waals surface area contributed by atoms with Crippen molar-refractivity contribution in [3.63, 3.8) is 0 Å². The minimum atomic E-state index is -3.51. The van der Waals surface area contributed by atoms with Gasteiger partial charge in [-0.15, -0.1) is 0 Å². The van der Waals surface area contributed by atoms with E-state index in [0.29, 0.717) is 36.9 Å². The van der Waals surface area contributed by atoms with Crippen molar-refractivity contribution in [1.82, 2.24) is 4.31 Å². The highest BCUT2D eigenvalue weighted by molar-refractivity contribution is 7.89. The molecule has 1 heterocycles. The molecule has 0 bridgehead atoms. The van der Waals surface area contributed by atoms with E-state index < -0.39 is 10.0 Å². The number of carbonyl (C=O) groups excluding carboxylic acids is 1. The molecule has 31 heavy (non-hydrogen) atoms. The fourth-order valence-electron chi connectivity index (χ4n) is 4.28. The first-order valence-corrected chi connectivity index (χ1v) is 12.5. The molecular formula is C24H30N2O4S. The van der Waals surface area contributed by atoms with Gasteiger partial charge in [0.15, 0.2) is 0 Å². The van der Waals surface area contributed by atoms with Crippen LogP contribution in [-0.4, -0.2) is 37.8 Å². The summed E-state index contributed by atoms with van der Waals surface area (Å²) in [5.74, 6) is 0.579. The van der Waals surface area contributed by atoms with Crippen LogP contribution in [0.3, 0.4) is 0 Å². The lowest BCUT2D eigenvalue weighted by molar-refractivity contribution is -0.120. The molecule has 0 spiro atoms. The lowest BCUT2D eigenvalue weighted by atomic mass is 9.97. The standard InChI is InChI=1S/C24H30N2O4S/c1-18-6-12-23(13-7-18)31(28,29)26-16-14-19(15-17-26)24(27)25-20-8-10-22(11-9-20)30-21-4-2-3-5-21/h6-13,19,21H,2-5,14-17H2,1H3,(H,25,27). The van der Waals surface area contributed by atoms with Crippen molar-refractivity contribution in [3.8, 4) is 5.75 Å². The highest BCUT2D eigenvalue weighted by atomic mass is 32.2. The largest absolute Gasteiger partial charge is 0.490 e. The molecule has 4 rings (SSSR count). The van der Waals surface area contributed by atoms with Gasteiger partial charge in [0.25, 0.3) is 0 Å². The Bertz CT molecular complexity index is 989. The quantitative estimate of drug-likeness (QED) is 0.721. The highest BCUT2D eigenvalue weighted by Gasteiger charge is 2.32. The monoisotopic (exact) mass is 442 g/mol. The number of aryl methyl sites for hydroxylation is 1. The van der Waals surface area contributed by atoms with E-state index in [1.54, 1.807) is 24.3 Å². The molecule has 1 saturated heterocycles. The number of nitrogens with zero attached hydrogens (tertiary/aromatic N) is 1. The van der Waals surface area contributed by atoms with Gasteiger partial charge < -0.3 is 10.1 Å². The van der Waals surface area contributed by atoms with E-state index in [1.807, 2.05) is 31.2 Å². The number of piperidine rings is 1. The van der Waals surface area contributed by atoms with Crippen LogP contribution in [-0.2, 0) is 14.8 Å². The molecule has 1 amide bonds. The summed E-state index contributed by atoms with van der Waals surface area (Å²) in [6, 6.07) is 14.4. The van der Waals surface area contributed by atoms with Crippen LogP contribution in [0.4, 0.5) is 5.69 Å². The molecule has 2 aliphatic rings. The van der Waals surface area contributed by atoms with Crippen LogP contribution in [0.15, 0.2) is 53.4 Å². The Morgan fingerprint density at radius 1 is 0.935 bits per heavy atom. The maximum atomic E-state index is 12.8. The van der Waals surface area contributed by atoms with Crippen molar-refractivity contribution >= 4 is 21.6 Å². The average molecular weight is 443 g/mol. The predicted octanol–water partition coefficient (Wildman–Crippen LogP) is 4.36. The SMILES string of the molecule is Cc1ccc(S(=O)(=O)N2CCC(C(=O)Nc3ccc(OC4CCCC4)cc3)CC2)cc1. The van der Waals surface area contributed by atoms with Crippen LogP contribution in [0.2, 0.25) is 0 Å². The van der Waals surface area contributed by atoms with E-state index in [2.05, 4.69) is 5.32 Å². The highest BCUT2D eigenvalue weighted by Crippen LogP contribution is 2.27. The predicted molar refractivity (Wildman–Crippen MR) is 121 cm³/mol. The van der Waals surface area contributed by atoms with Gasteiger partial charge in [0.1, 0.15) is 5.75 Å². The number of hydrogen-bond donors (Lipinski definition) is 1. The Morgan fingerprint density at radius 2 is 1.55 bits per heavy atom. The van der Waals surface area contributed by atoms with Gasteiger partial charge in [-0.3, -0.25) is 4.79 Å². The summed E-state index contributed by atoms with van der Waals surface area (Å²) in [6.07, 6.45) is 6.00. The smallest absolute Gasteiger partial charge is 0.243 e. The molecule has 1 saturated carbocycles. The summed E-state index contributed by atoms with van der Waals surface area (Å²) in [5, 5.41) is 2.96. The first-order valence-electron chi connectivity index (χ1n) is 11.1. The molecule has 0 aromatic heterocycles. The number of rotatable bonds is 6. The zero-order chi connectivity index (χ0) is 21.8. The van der Waals surface area contributed by atoms with E-state index in [-0.39, 0.29) is 11.8 Å². The third kappa shape index (κ3) is 5.28. The molecule has 0 radical (unpaired) electrons. The lowest BCUT2D eigenvalue weighted by Crippen LogP contribution is -2.41. The van der Waals surface area contributed by atoms with Gasteiger partial charge in [0.2, 0.25) is 15.9 Å². The molecular weight excluding hydrogens is 412 g/mol. The summed E-state index contributed by atoms with van der Waals surface area (Å²) < 4.78 is 33.1. The van der Waals surface area contributed by atoms with Crippen molar-refractivity contribution in [1.29, 1.82) is 0 Å². The maximum absolute atomic E-state index is 12.8. The molecule has 166 valence electrons. The summed E-state index contributed by atoms with van der Waals surface area (Å²) in [5.41, 5.74) is 1.76. The Labute approximate surface area is 184 Å². The van der Waals surface area contributed by atoms with Crippen LogP contribution in [0.5, 0.6) is 5.75 Å². The van der Waals surface area contributed by atoms with Crippen molar-refractivity contribution in [2.75, 3.05) is 18.4 Å². The zero-order valence-corrected chi connectivity index (χ0v) is 18.7. The van der Waals surface area contributed by atoms with Crippen LogP contribution >= 0.6 is 0 Å². The van der Waals surface area contributed by atoms with E-state index in [0.717, 1.165) is 29.8 Å². The second-order valence-corrected chi connectivity index (χ2v) is 10.5. The third-order valence-corrected chi connectivity index (χ3v) is 8.12. The van der Waals surface area contributed by atoms with E-state index in [9.17, 15) is 13.2 Å². The Hall–Kier alpha value is -2.38. The minimum absolute atomic E-state index is 0.0585. The molecule has 1 aliphatic heterocycles. The zero-order valence-electron chi connectivity index (χ0n) is 17.9. The second-order valence-electron chi connectivity index (χ2n) is 8.53. The third-order valence-electron chi connectivity index (χ3n) is 6.21. The summed E-state index contributed by atoms with van der Waals surface area (Å²) in [6.45, 7) is 2.63. The fraction of sp³-hybridized carbons (Fsp3) is 0.458. The number of hydrogen-bond acceptors (Lipinski definition) is 4. The lowest BCUT2D eigenvalue weighted by Gasteiger charge is -2.30. The molecule has 2 aromatic carbocycles. The number of anilines is 1. The van der Waals surface area contributed by atoms with Gasteiger partial charge in [-0.2, -0.15) is 4.31 Å². The fourth-order valence-corrected chi connectivity index (χ4v) is 5.75. The summed E-state index contributed by atoms with van der Waals surface area (Å²) in [7, 11) is -3.51. The average Bonchev–Trinajstić information content (AvgIpc) is 3.28. The van der Waals surface area contributed by atoms with Crippen LogP contribution in [0.25, 0.3) is 0 Å². The molecule has 1 N–H and O–H groups in total. The van der Waals surface area contributed by atoms with Crippen LogP contribution < -0.4 is 10.1 Å². The molecule has 2 aromatic rings. The summed E-state index contributed by atoms with van der Waals surface area (Å²) >= 11 is 0. The molecule has 2 fully saturated rings. The summed E-state index contributed by atoms with van der Waals surface area (Å²) in [4.78, 5) is 13.0. The van der Waals surface area contributed by atoms with Crippen LogP contribution in [0, 0.1) is 12.8 Å². The van der Waals surface area contributed by atoms with Crippen molar-refractivity contribution < 1.29 is 17.9 Å². The number of amides is 1. The second kappa shape index (κ2) is 9.40. The minimum Gasteiger partial charge on any atom is -0.490 e.